The largest absolute Gasteiger partial charge is 0.495 e. The van der Waals surface area contributed by atoms with E-state index in [1.165, 1.54) is 40.6 Å². The van der Waals surface area contributed by atoms with E-state index in [0.717, 1.165) is 36.8 Å². The number of hydrogen-bond acceptors (Lipinski definition) is 12. The molecule has 69 heavy (non-hydrogen) atoms. The van der Waals surface area contributed by atoms with Crippen molar-refractivity contribution in [3.05, 3.63) is 46.5 Å². The zero-order valence-electron chi connectivity index (χ0n) is 42.0. The molecule has 3 heterocycles. The lowest BCUT2D eigenvalue weighted by Crippen LogP contribution is -2.61. The molecule has 9 atom stereocenters. The molecule has 17 heteroatoms. The summed E-state index contributed by atoms with van der Waals surface area (Å²) in [5, 5.41) is 14.3. The third-order valence-electron chi connectivity index (χ3n) is 15.7. The molecule has 2 N–H and O–H groups in total. The number of methoxy groups -OCH3 is 1. The Morgan fingerprint density at radius 2 is 1.75 bits per heavy atom. The summed E-state index contributed by atoms with van der Waals surface area (Å²) in [5.74, 6) is -1.76. The van der Waals surface area contributed by atoms with Crippen molar-refractivity contribution in [3.8, 4) is 5.75 Å². The fraction of sp³-hybridized carbons (Fsp3) is 0.673. The van der Waals surface area contributed by atoms with Crippen molar-refractivity contribution < 1.29 is 52.9 Å². The monoisotopic (exact) mass is 996 g/mol. The Bertz CT molecular complexity index is 2210. The molecule has 0 spiro atoms. The maximum atomic E-state index is 14.4. The minimum atomic E-state index is -1.59. The predicted molar refractivity (Wildman–Crippen MR) is 264 cm³/mol. The Balaban J connectivity index is 1.14. The summed E-state index contributed by atoms with van der Waals surface area (Å²) in [6.45, 7) is 13.5. The van der Waals surface area contributed by atoms with Gasteiger partial charge in [-0.05, 0) is 94.2 Å². The van der Waals surface area contributed by atoms with Crippen molar-refractivity contribution >= 4 is 70.5 Å². The maximum Gasteiger partial charge on any atom is 0.409 e. The third-order valence-corrected chi connectivity index (χ3v) is 17.3. The number of benzene rings is 1. The number of hydrogen-bond donors (Lipinski definition) is 2. The molecule has 1 aromatic carbocycles. The lowest BCUT2D eigenvalue weighted by atomic mass is 9.77. The van der Waals surface area contributed by atoms with Crippen LogP contribution >= 0.6 is 23.4 Å². The molecule has 2 aliphatic carbocycles. The number of esters is 1. The molecule has 0 aromatic heterocycles. The molecule has 6 rings (SSSR count). The van der Waals surface area contributed by atoms with E-state index in [1.807, 2.05) is 71.9 Å². The van der Waals surface area contributed by atoms with Gasteiger partial charge in [-0.2, -0.15) is 0 Å². The van der Waals surface area contributed by atoms with Gasteiger partial charge in [0.25, 0.3) is 0 Å². The first kappa shape index (κ1) is 53.9. The number of Topliss-reactive ketones (excluding diaryl/α,β-unsaturated/α-hetero) is 1. The number of allylic oxidation sites excluding steroid dienone is 3. The zero-order valence-corrected chi connectivity index (χ0v) is 43.6. The number of carbonyl (C=O) groups excluding carboxylic acids is 7. The van der Waals surface area contributed by atoms with E-state index in [9.17, 15) is 38.7 Å². The Hall–Kier alpha value is -4.41. The summed E-state index contributed by atoms with van der Waals surface area (Å²) in [6.07, 6.45) is 7.95. The number of likely N-dealkylation sites (N-methyl/N-ethyl adjacent to an activating group) is 1. The first-order valence-electron chi connectivity index (χ1n) is 24.6. The number of amides is 5. The third kappa shape index (κ3) is 12.2. The Morgan fingerprint density at radius 1 is 1.06 bits per heavy atom. The minimum Gasteiger partial charge on any atom is -0.495 e. The molecule has 3 aliphatic heterocycles. The van der Waals surface area contributed by atoms with Crippen LogP contribution < -0.4 is 15.0 Å². The molecule has 15 nitrogen and oxygen atoms in total. The lowest BCUT2D eigenvalue weighted by molar-refractivity contribution is -0.162. The van der Waals surface area contributed by atoms with Gasteiger partial charge in [-0.15, -0.1) is 11.8 Å². The summed E-state index contributed by atoms with van der Waals surface area (Å²) < 4.78 is 17.8. The first-order chi connectivity index (χ1) is 32.5. The SMILES string of the molecule is CC[C@@H]1/C=C\C=C(/C)Cc2cc(OC)c(Cl)c(c2)N(C)C(=O)C[C@@H](OC(=O)[C@H](C)N(C)C(=O)CCSC2CC(=O)N(CC3CCC(C(=O)C(C)C)CC3)C2=O)[C@]2(C)CC2[C@H](C)[C@@H]2C[C@@]1(O)NC(=O)O2. The molecule has 0 radical (unpaired) electrons. The lowest BCUT2D eigenvalue weighted by Gasteiger charge is -2.43. The van der Waals surface area contributed by atoms with E-state index >= 15 is 0 Å². The van der Waals surface area contributed by atoms with Gasteiger partial charge in [0.05, 0.1) is 24.5 Å². The van der Waals surface area contributed by atoms with Crippen molar-refractivity contribution in [2.75, 3.05) is 38.4 Å². The molecule has 380 valence electrons. The fourth-order valence-electron chi connectivity index (χ4n) is 10.9. The maximum absolute atomic E-state index is 14.4. The summed E-state index contributed by atoms with van der Waals surface area (Å²) in [7, 11) is 4.62. The summed E-state index contributed by atoms with van der Waals surface area (Å²) in [5.41, 5.74) is -0.132. The van der Waals surface area contributed by atoms with Crippen LogP contribution in [0.4, 0.5) is 10.5 Å². The van der Waals surface area contributed by atoms with Crippen molar-refractivity contribution in [2.24, 2.45) is 40.9 Å². The number of carbonyl (C=O) groups is 7. The highest BCUT2D eigenvalue weighted by atomic mass is 35.5. The molecular formula is C52H73ClN4O11S. The van der Waals surface area contributed by atoms with Crippen LogP contribution in [-0.2, 0) is 44.7 Å². The number of ether oxygens (including phenoxy) is 3. The molecule has 4 fully saturated rings. The van der Waals surface area contributed by atoms with E-state index in [2.05, 4.69) is 5.32 Å². The number of anilines is 1. The number of halogens is 1. The predicted octanol–water partition coefficient (Wildman–Crippen LogP) is 7.68. The van der Waals surface area contributed by atoms with Crippen LogP contribution in [0.1, 0.15) is 118 Å². The molecule has 4 bridgehead atoms. The number of ketones is 1. The van der Waals surface area contributed by atoms with E-state index in [4.69, 9.17) is 25.8 Å². The van der Waals surface area contributed by atoms with E-state index in [0.29, 0.717) is 37.2 Å². The molecule has 5 amide bonds. The van der Waals surface area contributed by atoms with Gasteiger partial charge in [0, 0.05) is 68.8 Å². The summed E-state index contributed by atoms with van der Waals surface area (Å²) in [4.78, 5) is 98.3. The number of likely N-dealkylation sites (tertiary alicyclic amines) is 1. The molecule has 1 aromatic rings. The van der Waals surface area contributed by atoms with Gasteiger partial charge < -0.3 is 29.1 Å². The number of alkyl carbamates (subject to hydrolysis) is 1. The second-order valence-electron chi connectivity index (χ2n) is 20.8. The second-order valence-corrected chi connectivity index (χ2v) is 22.5. The van der Waals surface area contributed by atoms with Crippen LogP contribution in [0, 0.1) is 40.9 Å². The first-order valence-corrected chi connectivity index (χ1v) is 26.1. The highest BCUT2D eigenvalue weighted by Crippen LogP contribution is 2.61. The van der Waals surface area contributed by atoms with Gasteiger partial charge >= 0.3 is 12.1 Å². The molecule has 2 saturated carbocycles. The van der Waals surface area contributed by atoms with Gasteiger partial charge in [-0.25, -0.2) is 9.59 Å². The minimum absolute atomic E-state index is 0.00323. The molecule has 2 saturated heterocycles. The Kier molecular flexibility index (Phi) is 17.5. The molecule has 2 unspecified atom stereocenters. The van der Waals surface area contributed by atoms with Crippen molar-refractivity contribution in [3.63, 3.8) is 0 Å². The van der Waals surface area contributed by atoms with Crippen molar-refractivity contribution in [1.82, 2.24) is 15.1 Å². The normalized spacial score (nSPS) is 32.6. The van der Waals surface area contributed by atoms with Crippen LogP contribution in [0.3, 0.4) is 0 Å². The zero-order chi connectivity index (χ0) is 50.7. The topological polar surface area (TPSA) is 189 Å². The standard InChI is InChI=1S/C52H73ClN4O11S/c1-11-36-14-12-13-30(4)21-34-22-38(46(53)39(23-34)66-10)56(9)44(59)25-42(51(7)26-37(51)31(5)40-27-52(36,65)54-50(64)67-40)68-49(63)32(6)55(8)43(58)19-20-69-41-24-45(60)57(48(41)62)28-33-15-17-35(18-16-33)47(61)29(2)3/h12-14,22-23,29,31-33,35-37,40-42,65H,11,15-21,24-28H2,1-10H3,(H,54,64)/b14-12-,30-13+/t31-,32-,33?,35?,36+,37?,40-,41?,42+,51+,52-/m0/s1. The number of thioether (sulfide) groups is 1. The summed E-state index contributed by atoms with van der Waals surface area (Å²) in [6, 6.07) is 2.60. The number of imide groups is 1. The number of nitrogens with one attached hydrogen (secondary N) is 1. The Morgan fingerprint density at radius 3 is 2.41 bits per heavy atom. The van der Waals surface area contributed by atoms with Crippen LogP contribution in [0.25, 0.3) is 0 Å². The van der Waals surface area contributed by atoms with Gasteiger partial charge in [0.2, 0.25) is 23.6 Å². The van der Waals surface area contributed by atoms with Crippen molar-refractivity contribution in [2.45, 2.75) is 148 Å². The van der Waals surface area contributed by atoms with Gasteiger partial charge in [0.15, 0.2) is 0 Å². The average molecular weight is 998 g/mol. The van der Waals surface area contributed by atoms with E-state index < -0.39 is 52.6 Å². The summed E-state index contributed by atoms with van der Waals surface area (Å²) >= 11 is 8.11. The second kappa shape index (κ2) is 22.3. The van der Waals surface area contributed by atoms with Crippen LogP contribution in [0.5, 0.6) is 5.75 Å². The van der Waals surface area contributed by atoms with E-state index in [-0.39, 0.29) is 95.5 Å². The van der Waals surface area contributed by atoms with Crippen molar-refractivity contribution in [1.29, 1.82) is 0 Å². The number of aliphatic hydroxyl groups is 1. The number of nitrogens with zero attached hydrogens (tertiary/aromatic N) is 3. The van der Waals surface area contributed by atoms with Crippen LogP contribution in [-0.4, -0.2) is 119 Å². The quantitative estimate of drug-likeness (QED) is 0.145. The fourth-order valence-corrected chi connectivity index (χ4v) is 12.3. The Labute approximate surface area is 416 Å². The molecule has 5 aliphatic rings. The van der Waals surface area contributed by atoms with Crippen LogP contribution in [0.15, 0.2) is 35.9 Å². The smallest absolute Gasteiger partial charge is 0.409 e. The average Bonchev–Trinajstić information content (AvgIpc) is 3.94. The van der Waals surface area contributed by atoms with Crippen LogP contribution in [0.2, 0.25) is 5.02 Å². The van der Waals surface area contributed by atoms with Gasteiger partial charge in [0.1, 0.15) is 40.5 Å². The highest BCUT2D eigenvalue weighted by molar-refractivity contribution is 8.00. The number of rotatable bonds is 13. The van der Waals surface area contributed by atoms with Gasteiger partial charge in [-0.3, -0.25) is 34.2 Å². The van der Waals surface area contributed by atoms with E-state index in [1.54, 1.807) is 14.0 Å². The highest BCUT2D eigenvalue weighted by Gasteiger charge is 2.62. The van der Waals surface area contributed by atoms with Gasteiger partial charge in [-0.1, -0.05) is 70.0 Å². The molecular weight excluding hydrogens is 924 g/mol. The number of fused-ring (bicyclic) bond motifs is 5.